The minimum Gasteiger partial charge on any atom is -0.381 e. The normalized spacial score (nSPS) is 25.2. The fourth-order valence-electron chi connectivity index (χ4n) is 2.68. The topological polar surface area (TPSA) is 73.1 Å². The van der Waals surface area contributed by atoms with Crippen molar-refractivity contribution in [2.24, 2.45) is 5.41 Å². The average Bonchev–Trinajstić information content (AvgIpc) is 2.81. The van der Waals surface area contributed by atoms with Gasteiger partial charge in [0.05, 0.1) is 11.5 Å². The number of thiophene rings is 1. The van der Waals surface area contributed by atoms with Gasteiger partial charge in [-0.3, -0.25) is 0 Å². The van der Waals surface area contributed by atoms with Gasteiger partial charge in [0, 0.05) is 18.6 Å². The van der Waals surface area contributed by atoms with E-state index in [1.165, 1.54) is 0 Å². The van der Waals surface area contributed by atoms with E-state index in [9.17, 15) is 0 Å². The van der Waals surface area contributed by atoms with Gasteiger partial charge in [-0.25, -0.2) is 4.98 Å². The maximum atomic E-state index is 5.76. The van der Waals surface area contributed by atoms with Crippen LogP contribution in [0.1, 0.15) is 20.3 Å². The lowest BCUT2D eigenvalue weighted by atomic mass is 9.64. The van der Waals surface area contributed by atoms with E-state index in [0.717, 1.165) is 22.5 Å². The summed E-state index contributed by atoms with van der Waals surface area (Å²) in [5.74, 6) is 1.15. The molecule has 0 spiro atoms. The molecular formula is C13H18N4OS. The number of aromatic nitrogens is 2. The van der Waals surface area contributed by atoms with Gasteiger partial charge in [-0.05, 0) is 17.9 Å². The first-order valence-electron chi connectivity index (χ1n) is 6.32. The Morgan fingerprint density at radius 3 is 2.95 bits per heavy atom. The number of methoxy groups -OCH3 is 1. The van der Waals surface area contributed by atoms with Crippen LogP contribution in [0.3, 0.4) is 0 Å². The highest BCUT2D eigenvalue weighted by atomic mass is 32.1. The van der Waals surface area contributed by atoms with E-state index in [2.05, 4.69) is 29.1 Å². The van der Waals surface area contributed by atoms with Crippen molar-refractivity contribution < 1.29 is 4.74 Å². The Bertz CT molecular complexity index is 610. The fraction of sp³-hybridized carbons (Fsp3) is 0.538. The second-order valence-electron chi connectivity index (χ2n) is 5.55. The lowest BCUT2D eigenvalue weighted by Crippen LogP contribution is -2.57. The van der Waals surface area contributed by atoms with E-state index in [0.29, 0.717) is 18.1 Å². The van der Waals surface area contributed by atoms with Crippen LogP contribution >= 0.6 is 11.3 Å². The van der Waals surface area contributed by atoms with Crippen LogP contribution in [0.4, 0.5) is 11.8 Å². The van der Waals surface area contributed by atoms with Crippen molar-refractivity contribution in [3.8, 4) is 0 Å². The molecule has 0 amide bonds. The van der Waals surface area contributed by atoms with Gasteiger partial charge in [-0.2, -0.15) is 4.98 Å². The summed E-state index contributed by atoms with van der Waals surface area (Å²) in [4.78, 5) is 9.49. The van der Waals surface area contributed by atoms with Crippen LogP contribution in [0.5, 0.6) is 0 Å². The SMILES string of the molecule is COC1CC(Nc2nc(N)nc3sccc23)C1(C)C. The number of hydrogen-bond acceptors (Lipinski definition) is 6. The lowest BCUT2D eigenvalue weighted by molar-refractivity contribution is -0.0795. The summed E-state index contributed by atoms with van der Waals surface area (Å²) in [6.45, 7) is 4.41. The first kappa shape index (κ1) is 12.6. The average molecular weight is 278 g/mol. The molecule has 0 bridgehead atoms. The minimum atomic E-state index is 0.0941. The van der Waals surface area contributed by atoms with Crippen LogP contribution in [-0.2, 0) is 4.74 Å². The number of ether oxygens (including phenoxy) is 1. The van der Waals surface area contributed by atoms with Crippen molar-refractivity contribution in [3.63, 3.8) is 0 Å². The summed E-state index contributed by atoms with van der Waals surface area (Å²) in [5, 5.41) is 6.54. The van der Waals surface area contributed by atoms with E-state index in [1.54, 1.807) is 18.4 Å². The molecule has 0 radical (unpaired) electrons. The van der Waals surface area contributed by atoms with E-state index in [-0.39, 0.29) is 5.41 Å². The summed E-state index contributed by atoms with van der Waals surface area (Å²) in [7, 11) is 1.77. The summed E-state index contributed by atoms with van der Waals surface area (Å²) in [6, 6.07) is 2.37. The molecule has 0 aromatic carbocycles. The van der Waals surface area contributed by atoms with Gasteiger partial charge in [0.1, 0.15) is 10.6 Å². The third-order valence-electron chi connectivity index (χ3n) is 4.12. The number of nitrogen functional groups attached to an aromatic ring is 1. The van der Waals surface area contributed by atoms with Crippen molar-refractivity contribution in [1.82, 2.24) is 9.97 Å². The smallest absolute Gasteiger partial charge is 0.223 e. The molecule has 19 heavy (non-hydrogen) atoms. The molecule has 2 heterocycles. The van der Waals surface area contributed by atoms with Gasteiger partial charge < -0.3 is 15.8 Å². The zero-order valence-electron chi connectivity index (χ0n) is 11.3. The summed E-state index contributed by atoms with van der Waals surface area (Å²) < 4.78 is 5.47. The van der Waals surface area contributed by atoms with Crippen molar-refractivity contribution in [2.75, 3.05) is 18.2 Å². The van der Waals surface area contributed by atoms with Crippen LogP contribution in [-0.4, -0.2) is 29.2 Å². The standard InChI is InChI=1S/C13H18N4OS/c1-13(2)8(6-9(13)18-3)15-10-7-4-5-19-11(7)17-12(14)16-10/h4-5,8-9H,6H2,1-3H3,(H3,14,15,16,17). The Labute approximate surface area is 116 Å². The Morgan fingerprint density at radius 2 is 2.26 bits per heavy atom. The van der Waals surface area contributed by atoms with Crippen molar-refractivity contribution in [3.05, 3.63) is 11.4 Å². The van der Waals surface area contributed by atoms with Crippen molar-refractivity contribution in [1.29, 1.82) is 0 Å². The van der Waals surface area contributed by atoms with Gasteiger partial charge in [0.25, 0.3) is 0 Å². The number of nitrogens with zero attached hydrogens (tertiary/aromatic N) is 2. The number of fused-ring (bicyclic) bond motifs is 1. The molecule has 3 rings (SSSR count). The van der Waals surface area contributed by atoms with Gasteiger partial charge in [0.2, 0.25) is 5.95 Å². The zero-order valence-corrected chi connectivity index (χ0v) is 12.1. The molecule has 2 aromatic heterocycles. The summed E-state index contributed by atoms with van der Waals surface area (Å²) in [6.07, 6.45) is 1.28. The Kier molecular flexibility index (Phi) is 2.87. The van der Waals surface area contributed by atoms with E-state index < -0.39 is 0 Å². The van der Waals surface area contributed by atoms with Gasteiger partial charge in [-0.15, -0.1) is 11.3 Å². The number of rotatable bonds is 3. The van der Waals surface area contributed by atoms with Gasteiger partial charge in [0.15, 0.2) is 0 Å². The molecule has 102 valence electrons. The fourth-order valence-corrected chi connectivity index (χ4v) is 3.45. The van der Waals surface area contributed by atoms with Crippen molar-refractivity contribution >= 4 is 33.3 Å². The molecule has 3 N–H and O–H groups in total. The maximum Gasteiger partial charge on any atom is 0.223 e. The Balaban J connectivity index is 1.88. The third-order valence-corrected chi connectivity index (χ3v) is 4.92. The van der Waals surface area contributed by atoms with Crippen LogP contribution < -0.4 is 11.1 Å². The predicted octanol–water partition coefficient (Wildman–Crippen LogP) is 2.50. The molecule has 1 aliphatic carbocycles. The van der Waals surface area contributed by atoms with Crippen LogP contribution in [0.2, 0.25) is 0 Å². The largest absolute Gasteiger partial charge is 0.381 e. The second kappa shape index (κ2) is 4.31. The number of nitrogens with two attached hydrogens (primary N) is 1. The molecule has 0 aliphatic heterocycles. The number of hydrogen-bond donors (Lipinski definition) is 2. The van der Waals surface area contributed by atoms with Gasteiger partial charge >= 0.3 is 0 Å². The molecule has 2 unspecified atom stereocenters. The van der Waals surface area contributed by atoms with Crippen molar-refractivity contribution in [2.45, 2.75) is 32.4 Å². The first-order valence-corrected chi connectivity index (χ1v) is 7.20. The predicted molar refractivity (Wildman–Crippen MR) is 78.4 cm³/mol. The third kappa shape index (κ3) is 1.95. The molecule has 1 fully saturated rings. The molecular weight excluding hydrogens is 260 g/mol. The highest BCUT2D eigenvalue weighted by Crippen LogP contribution is 2.44. The van der Waals surface area contributed by atoms with Crippen LogP contribution in [0, 0.1) is 5.41 Å². The van der Waals surface area contributed by atoms with E-state index >= 15 is 0 Å². The summed E-state index contributed by atoms with van der Waals surface area (Å²) >= 11 is 1.58. The quantitative estimate of drug-likeness (QED) is 0.902. The van der Waals surface area contributed by atoms with E-state index in [1.807, 2.05) is 11.4 Å². The zero-order chi connectivity index (χ0) is 13.6. The van der Waals surface area contributed by atoms with Crippen LogP contribution in [0.15, 0.2) is 11.4 Å². The number of nitrogens with one attached hydrogen (secondary N) is 1. The number of anilines is 2. The second-order valence-corrected chi connectivity index (χ2v) is 6.44. The highest BCUT2D eigenvalue weighted by molar-refractivity contribution is 7.16. The highest BCUT2D eigenvalue weighted by Gasteiger charge is 2.48. The molecule has 6 heteroatoms. The molecule has 5 nitrogen and oxygen atoms in total. The molecule has 1 saturated carbocycles. The summed E-state index contributed by atoms with van der Waals surface area (Å²) in [5.41, 5.74) is 5.85. The molecule has 2 atom stereocenters. The molecule has 1 aliphatic rings. The Morgan fingerprint density at radius 1 is 1.47 bits per heavy atom. The maximum absolute atomic E-state index is 5.76. The monoisotopic (exact) mass is 278 g/mol. The van der Waals surface area contributed by atoms with Crippen LogP contribution in [0.25, 0.3) is 10.2 Å². The van der Waals surface area contributed by atoms with E-state index in [4.69, 9.17) is 10.5 Å². The molecule has 0 saturated heterocycles. The Hall–Kier alpha value is -1.40. The van der Waals surface area contributed by atoms with Gasteiger partial charge in [-0.1, -0.05) is 13.8 Å². The minimum absolute atomic E-state index is 0.0941. The lowest BCUT2D eigenvalue weighted by Gasteiger charge is -2.51. The molecule has 2 aromatic rings. The first-order chi connectivity index (χ1) is 9.02.